The van der Waals surface area contributed by atoms with Crippen molar-refractivity contribution in [3.05, 3.63) is 53.8 Å². The van der Waals surface area contributed by atoms with Crippen LogP contribution < -0.4 is 14.2 Å². The second-order valence-corrected chi connectivity index (χ2v) is 8.06. The van der Waals surface area contributed by atoms with E-state index in [1.807, 2.05) is 12.1 Å². The minimum Gasteiger partial charge on any atom is -0.493 e. The van der Waals surface area contributed by atoms with Crippen molar-refractivity contribution in [2.24, 2.45) is 0 Å². The van der Waals surface area contributed by atoms with Crippen LogP contribution in [0.4, 0.5) is 4.39 Å². The van der Waals surface area contributed by atoms with Crippen molar-refractivity contribution in [1.29, 1.82) is 0 Å². The number of methoxy groups -OCH3 is 3. The van der Waals surface area contributed by atoms with Crippen LogP contribution in [0.15, 0.2) is 42.5 Å². The fourth-order valence-corrected chi connectivity index (χ4v) is 3.99. The van der Waals surface area contributed by atoms with Crippen molar-refractivity contribution in [2.75, 3.05) is 54.2 Å². The maximum absolute atomic E-state index is 13.9. The number of hydrogen-bond acceptors (Lipinski definition) is 6. The summed E-state index contributed by atoms with van der Waals surface area (Å²) in [4.78, 5) is 2.41. The predicted octanol–water partition coefficient (Wildman–Crippen LogP) is 4.31. The molecule has 6 nitrogen and oxygen atoms in total. The van der Waals surface area contributed by atoms with Crippen LogP contribution in [-0.2, 0) is 16.0 Å². The molecule has 0 spiro atoms. The molecular weight excluding hydrogens is 413 g/mol. The molecule has 0 aromatic heterocycles. The Bertz CT molecular complexity index is 849. The molecule has 0 aliphatic carbocycles. The van der Waals surface area contributed by atoms with Crippen molar-refractivity contribution in [3.8, 4) is 17.2 Å². The lowest BCUT2D eigenvalue weighted by Gasteiger charge is -2.31. The van der Waals surface area contributed by atoms with Gasteiger partial charge in [-0.25, -0.2) is 4.39 Å². The van der Waals surface area contributed by atoms with E-state index in [4.69, 9.17) is 23.7 Å². The van der Waals surface area contributed by atoms with Crippen molar-refractivity contribution in [2.45, 2.75) is 31.4 Å². The van der Waals surface area contributed by atoms with E-state index in [9.17, 15) is 4.39 Å². The van der Waals surface area contributed by atoms with Crippen LogP contribution in [0.2, 0.25) is 0 Å². The van der Waals surface area contributed by atoms with Gasteiger partial charge in [-0.1, -0.05) is 18.2 Å². The van der Waals surface area contributed by atoms with E-state index in [2.05, 4.69) is 11.0 Å². The second kappa shape index (κ2) is 12.0. The van der Waals surface area contributed by atoms with Gasteiger partial charge in [0.05, 0.1) is 13.7 Å². The molecule has 32 heavy (non-hydrogen) atoms. The molecule has 0 amide bonds. The number of nitrogens with zero attached hydrogens (tertiary/aromatic N) is 1. The van der Waals surface area contributed by atoms with E-state index in [0.717, 1.165) is 50.2 Å². The van der Waals surface area contributed by atoms with Crippen molar-refractivity contribution < 1.29 is 28.1 Å². The third-order valence-electron chi connectivity index (χ3n) is 5.93. The van der Waals surface area contributed by atoms with Gasteiger partial charge in [0, 0.05) is 27.3 Å². The molecule has 0 bridgehead atoms. The van der Waals surface area contributed by atoms with E-state index in [-0.39, 0.29) is 11.6 Å². The highest BCUT2D eigenvalue weighted by Crippen LogP contribution is 2.31. The van der Waals surface area contributed by atoms with Crippen molar-refractivity contribution in [3.63, 3.8) is 0 Å². The summed E-state index contributed by atoms with van der Waals surface area (Å²) >= 11 is 0. The minimum atomic E-state index is -0.425. The molecule has 0 saturated carbocycles. The largest absolute Gasteiger partial charge is 0.493 e. The summed E-state index contributed by atoms with van der Waals surface area (Å²) in [6, 6.07) is 12.5. The summed E-state index contributed by atoms with van der Waals surface area (Å²) in [6.45, 7) is 3.94. The molecule has 1 saturated heterocycles. The molecule has 3 rings (SSSR count). The SMILES string of the molecule is COCCOc1cc(CN2CCC[C@](COc3ccccc3F)(OC)CC2)ccc1OC. The topological polar surface area (TPSA) is 49.4 Å². The Labute approximate surface area is 190 Å². The van der Waals surface area contributed by atoms with Gasteiger partial charge in [0.2, 0.25) is 0 Å². The summed E-state index contributed by atoms with van der Waals surface area (Å²) in [5, 5.41) is 0. The van der Waals surface area contributed by atoms with Gasteiger partial charge in [0.25, 0.3) is 0 Å². The summed E-state index contributed by atoms with van der Waals surface area (Å²) in [5.41, 5.74) is 0.733. The summed E-state index contributed by atoms with van der Waals surface area (Å²) in [7, 11) is 5.01. The molecule has 1 fully saturated rings. The first-order valence-electron chi connectivity index (χ1n) is 11.0. The Kier molecular flexibility index (Phi) is 9.14. The lowest BCUT2D eigenvalue weighted by Crippen LogP contribution is -2.39. The predicted molar refractivity (Wildman–Crippen MR) is 121 cm³/mol. The molecular formula is C25H34FNO5. The molecule has 1 aliphatic heterocycles. The number of ether oxygens (including phenoxy) is 5. The van der Waals surface area contributed by atoms with E-state index in [1.54, 1.807) is 39.5 Å². The second-order valence-electron chi connectivity index (χ2n) is 8.06. The zero-order chi connectivity index (χ0) is 22.8. The van der Waals surface area contributed by atoms with Crippen LogP contribution in [0.5, 0.6) is 17.2 Å². The Balaban J connectivity index is 1.60. The van der Waals surface area contributed by atoms with Gasteiger partial charge in [-0.2, -0.15) is 0 Å². The molecule has 1 atom stereocenters. The number of halogens is 1. The van der Waals surface area contributed by atoms with Crippen LogP contribution in [0.25, 0.3) is 0 Å². The Morgan fingerprint density at radius 2 is 1.75 bits per heavy atom. The first kappa shape index (κ1) is 24.3. The minimum absolute atomic E-state index is 0.268. The molecule has 0 unspecified atom stereocenters. The van der Waals surface area contributed by atoms with Gasteiger partial charge in [-0.15, -0.1) is 0 Å². The van der Waals surface area contributed by atoms with Gasteiger partial charge < -0.3 is 23.7 Å². The highest BCUT2D eigenvalue weighted by molar-refractivity contribution is 5.43. The van der Waals surface area contributed by atoms with E-state index < -0.39 is 5.60 Å². The fraction of sp³-hybridized carbons (Fsp3) is 0.520. The third-order valence-corrected chi connectivity index (χ3v) is 5.93. The monoisotopic (exact) mass is 447 g/mol. The van der Waals surface area contributed by atoms with E-state index in [1.165, 1.54) is 6.07 Å². The lowest BCUT2D eigenvalue weighted by molar-refractivity contribution is -0.0548. The first-order chi connectivity index (χ1) is 15.6. The number of rotatable bonds is 11. The highest BCUT2D eigenvalue weighted by atomic mass is 19.1. The molecule has 2 aromatic rings. The van der Waals surface area contributed by atoms with Crippen LogP contribution in [0, 0.1) is 5.82 Å². The lowest BCUT2D eigenvalue weighted by atomic mass is 9.95. The van der Waals surface area contributed by atoms with Crippen molar-refractivity contribution >= 4 is 0 Å². The molecule has 0 N–H and O–H groups in total. The van der Waals surface area contributed by atoms with Gasteiger partial charge in [0.1, 0.15) is 18.8 Å². The molecule has 176 valence electrons. The van der Waals surface area contributed by atoms with Crippen LogP contribution in [0.3, 0.4) is 0 Å². The van der Waals surface area contributed by atoms with Gasteiger partial charge in [-0.05, 0) is 55.6 Å². The maximum Gasteiger partial charge on any atom is 0.165 e. The molecule has 0 radical (unpaired) electrons. The molecule has 2 aromatic carbocycles. The Morgan fingerprint density at radius 3 is 2.50 bits per heavy atom. The first-order valence-corrected chi connectivity index (χ1v) is 11.0. The number of hydrogen-bond donors (Lipinski definition) is 0. The quantitative estimate of drug-likeness (QED) is 0.479. The van der Waals surface area contributed by atoms with Crippen LogP contribution >= 0.6 is 0 Å². The zero-order valence-corrected chi connectivity index (χ0v) is 19.3. The van der Waals surface area contributed by atoms with Crippen LogP contribution in [0.1, 0.15) is 24.8 Å². The van der Waals surface area contributed by atoms with E-state index in [0.29, 0.717) is 25.6 Å². The summed E-state index contributed by atoms with van der Waals surface area (Å²) in [5.74, 6) is 1.35. The Hall–Kier alpha value is -2.35. The average molecular weight is 448 g/mol. The number of likely N-dealkylation sites (tertiary alicyclic amines) is 1. The normalized spacial score (nSPS) is 19.4. The number of benzene rings is 2. The smallest absolute Gasteiger partial charge is 0.165 e. The van der Waals surface area contributed by atoms with Gasteiger partial charge in [0.15, 0.2) is 23.1 Å². The maximum atomic E-state index is 13.9. The average Bonchev–Trinajstić information content (AvgIpc) is 3.02. The molecule has 1 heterocycles. The van der Waals surface area contributed by atoms with E-state index >= 15 is 0 Å². The standard InChI is InChI=1S/C25H34FNO5/c1-28-15-16-31-24-17-20(9-10-23(24)29-2)18-27-13-6-11-25(30-3,12-14-27)19-32-22-8-5-4-7-21(22)26/h4-5,7-10,17H,6,11-16,18-19H2,1-3H3/t25-/m0/s1. The summed E-state index contributed by atoms with van der Waals surface area (Å²) in [6.07, 6.45) is 2.65. The van der Waals surface area contributed by atoms with Gasteiger partial charge >= 0.3 is 0 Å². The Morgan fingerprint density at radius 1 is 0.906 bits per heavy atom. The van der Waals surface area contributed by atoms with Gasteiger partial charge in [-0.3, -0.25) is 4.90 Å². The number of para-hydroxylation sites is 1. The van der Waals surface area contributed by atoms with Crippen molar-refractivity contribution in [1.82, 2.24) is 4.90 Å². The third kappa shape index (κ3) is 6.58. The highest BCUT2D eigenvalue weighted by Gasteiger charge is 2.34. The zero-order valence-electron chi connectivity index (χ0n) is 19.3. The fourth-order valence-electron chi connectivity index (χ4n) is 3.99. The molecule has 7 heteroatoms. The molecule has 1 aliphatic rings. The van der Waals surface area contributed by atoms with Crippen LogP contribution in [-0.4, -0.2) is 64.7 Å². The summed E-state index contributed by atoms with van der Waals surface area (Å²) < 4.78 is 42.0.